The summed E-state index contributed by atoms with van der Waals surface area (Å²) >= 11 is 5.86. The number of nitrogens with zero attached hydrogens (tertiary/aromatic N) is 1. The maximum absolute atomic E-state index is 12.2. The van der Waals surface area contributed by atoms with E-state index in [0.29, 0.717) is 0 Å². The molecule has 0 aromatic heterocycles. The van der Waals surface area contributed by atoms with Gasteiger partial charge in [-0.25, -0.2) is 0 Å². The number of piperazine rings is 1. The highest BCUT2D eigenvalue weighted by Gasteiger charge is 2.32. The molecule has 0 bridgehead atoms. The predicted octanol–water partition coefficient (Wildman–Crippen LogP) is 3.20. The van der Waals surface area contributed by atoms with E-state index in [0.717, 1.165) is 31.7 Å². The summed E-state index contributed by atoms with van der Waals surface area (Å²) < 4.78 is 40.4. The fraction of sp³-hybridized carbons (Fsp3) is 0.538. The molecule has 0 saturated carbocycles. The number of nitrogens with one attached hydrogen (secondary N) is 1. The highest BCUT2D eigenvalue weighted by molar-refractivity contribution is 6.32. The number of hydrogen-bond acceptors (Lipinski definition) is 3. The molecular weight excluding hydrogens is 293 g/mol. The van der Waals surface area contributed by atoms with E-state index < -0.39 is 6.36 Å². The van der Waals surface area contributed by atoms with E-state index in [1.165, 1.54) is 12.1 Å². The molecule has 0 spiro atoms. The largest absolute Gasteiger partial charge is 0.573 e. The van der Waals surface area contributed by atoms with E-state index in [2.05, 4.69) is 15.0 Å². The maximum atomic E-state index is 12.2. The van der Waals surface area contributed by atoms with Crippen LogP contribution in [0.5, 0.6) is 5.75 Å². The fourth-order valence-corrected chi connectivity index (χ4v) is 2.49. The lowest BCUT2D eigenvalue weighted by Crippen LogP contribution is -2.44. The van der Waals surface area contributed by atoms with Gasteiger partial charge in [0.2, 0.25) is 0 Å². The third kappa shape index (κ3) is 4.01. The number of ether oxygens (including phenoxy) is 1. The van der Waals surface area contributed by atoms with Crippen LogP contribution >= 0.6 is 11.6 Å². The Morgan fingerprint density at radius 2 is 1.95 bits per heavy atom. The van der Waals surface area contributed by atoms with Crippen molar-refractivity contribution in [1.82, 2.24) is 10.2 Å². The van der Waals surface area contributed by atoms with E-state index in [9.17, 15) is 13.2 Å². The van der Waals surface area contributed by atoms with Crippen molar-refractivity contribution >= 4 is 11.6 Å². The summed E-state index contributed by atoms with van der Waals surface area (Å²) in [7, 11) is 0. The Bertz CT molecular complexity index is 461. The van der Waals surface area contributed by atoms with Crippen molar-refractivity contribution in [3.05, 3.63) is 28.8 Å². The van der Waals surface area contributed by atoms with Gasteiger partial charge >= 0.3 is 6.36 Å². The summed E-state index contributed by atoms with van der Waals surface area (Å²) in [6, 6.07) is 4.54. The second-order valence-corrected chi connectivity index (χ2v) is 5.11. The average Bonchev–Trinajstić information content (AvgIpc) is 2.40. The molecule has 1 heterocycles. The quantitative estimate of drug-likeness (QED) is 0.928. The second kappa shape index (κ2) is 6.20. The van der Waals surface area contributed by atoms with Crippen molar-refractivity contribution in [1.29, 1.82) is 0 Å². The van der Waals surface area contributed by atoms with Gasteiger partial charge in [-0.15, -0.1) is 13.2 Å². The first-order valence-electron chi connectivity index (χ1n) is 6.37. The zero-order valence-electron chi connectivity index (χ0n) is 11.0. The van der Waals surface area contributed by atoms with E-state index in [4.69, 9.17) is 11.6 Å². The Labute approximate surface area is 120 Å². The average molecular weight is 309 g/mol. The molecule has 20 heavy (non-hydrogen) atoms. The molecule has 1 N–H and O–H groups in total. The molecule has 0 radical (unpaired) electrons. The zero-order chi connectivity index (χ0) is 14.8. The standard InChI is InChI=1S/C13H16ClF3N2O/c1-9(19-6-4-18-5-7-19)10-2-3-12(11(14)8-10)20-13(15,16)17/h2-3,8-9,18H,4-7H2,1H3/t9-/m1/s1. The Morgan fingerprint density at radius 3 is 2.50 bits per heavy atom. The van der Waals surface area contributed by atoms with Gasteiger partial charge in [-0.05, 0) is 24.6 Å². The number of alkyl halides is 3. The van der Waals surface area contributed by atoms with Crippen LogP contribution in [-0.2, 0) is 0 Å². The minimum absolute atomic E-state index is 0.0261. The summed E-state index contributed by atoms with van der Waals surface area (Å²) in [6.45, 7) is 5.64. The Kier molecular flexibility index (Phi) is 4.78. The van der Waals surface area contributed by atoms with Gasteiger partial charge in [0.1, 0.15) is 5.75 Å². The van der Waals surface area contributed by atoms with Crippen molar-refractivity contribution in [3.8, 4) is 5.75 Å². The molecule has 0 unspecified atom stereocenters. The van der Waals surface area contributed by atoms with Gasteiger partial charge < -0.3 is 10.1 Å². The molecule has 0 aliphatic carbocycles. The zero-order valence-corrected chi connectivity index (χ0v) is 11.8. The smallest absolute Gasteiger partial charge is 0.404 e. The fourth-order valence-electron chi connectivity index (χ4n) is 2.26. The van der Waals surface area contributed by atoms with Crippen molar-refractivity contribution in [3.63, 3.8) is 0 Å². The first-order chi connectivity index (χ1) is 9.37. The summed E-state index contributed by atoms with van der Waals surface area (Å²) in [5, 5.41) is 3.23. The van der Waals surface area contributed by atoms with Crippen molar-refractivity contribution < 1.29 is 17.9 Å². The highest BCUT2D eigenvalue weighted by Crippen LogP contribution is 2.33. The number of benzene rings is 1. The Balaban J connectivity index is 2.11. The highest BCUT2D eigenvalue weighted by atomic mass is 35.5. The van der Waals surface area contributed by atoms with Crippen LogP contribution in [0.2, 0.25) is 5.02 Å². The Hall–Kier alpha value is -0.980. The third-order valence-corrected chi connectivity index (χ3v) is 3.66. The van der Waals surface area contributed by atoms with Crippen molar-refractivity contribution in [2.24, 2.45) is 0 Å². The monoisotopic (exact) mass is 308 g/mol. The van der Waals surface area contributed by atoms with Gasteiger partial charge in [0.05, 0.1) is 5.02 Å². The molecule has 1 aromatic carbocycles. The van der Waals surface area contributed by atoms with Crippen LogP contribution in [0.3, 0.4) is 0 Å². The molecule has 0 amide bonds. The van der Waals surface area contributed by atoms with Gasteiger partial charge in [-0.1, -0.05) is 17.7 Å². The molecular formula is C13H16ClF3N2O. The minimum atomic E-state index is -4.73. The van der Waals surface area contributed by atoms with Gasteiger partial charge in [0.15, 0.2) is 0 Å². The minimum Gasteiger partial charge on any atom is -0.404 e. The lowest BCUT2D eigenvalue weighted by Gasteiger charge is -2.33. The van der Waals surface area contributed by atoms with E-state index in [1.807, 2.05) is 6.92 Å². The molecule has 7 heteroatoms. The van der Waals surface area contributed by atoms with E-state index in [1.54, 1.807) is 6.07 Å². The van der Waals surface area contributed by atoms with Crippen molar-refractivity contribution in [2.75, 3.05) is 26.2 Å². The first kappa shape index (κ1) is 15.4. The van der Waals surface area contributed by atoms with Crippen LogP contribution < -0.4 is 10.1 Å². The number of halogens is 4. The summed E-state index contributed by atoms with van der Waals surface area (Å²) in [6.07, 6.45) is -4.73. The third-order valence-electron chi connectivity index (χ3n) is 3.36. The Morgan fingerprint density at radius 1 is 1.30 bits per heavy atom. The van der Waals surface area contributed by atoms with Crippen LogP contribution in [0.25, 0.3) is 0 Å². The molecule has 1 aromatic rings. The normalized spacial score (nSPS) is 18.9. The summed E-state index contributed by atoms with van der Waals surface area (Å²) in [4.78, 5) is 2.26. The van der Waals surface area contributed by atoms with Crippen molar-refractivity contribution in [2.45, 2.75) is 19.3 Å². The SMILES string of the molecule is C[C@H](c1ccc(OC(F)(F)F)c(Cl)c1)N1CCNCC1. The molecule has 1 atom stereocenters. The summed E-state index contributed by atoms with van der Waals surface area (Å²) in [5.74, 6) is -0.365. The van der Waals surface area contributed by atoms with Crippen LogP contribution in [0.4, 0.5) is 13.2 Å². The number of rotatable bonds is 3. The molecule has 1 saturated heterocycles. The van der Waals surface area contributed by atoms with Gasteiger partial charge in [0.25, 0.3) is 0 Å². The van der Waals surface area contributed by atoms with Crippen LogP contribution in [0.15, 0.2) is 18.2 Å². The van der Waals surface area contributed by atoms with Crippen LogP contribution in [-0.4, -0.2) is 37.4 Å². The van der Waals surface area contributed by atoms with E-state index >= 15 is 0 Å². The van der Waals surface area contributed by atoms with Gasteiger partial charge in [-0.3, -0.25) is 4.90 Å². The van der Waals surface area contributed by atoms with Crippen LogP contribution in [0, 0.1) is 0 Å². The topological polar surface area (TPSA) is 24.5 Å². The molecule has 1 aliphatic heterocycles. The molecule has 3 nitrogen and oxygen atoms in total. The molecule has 1 fully saturated rings. The molecule has 112 valence electrons. The lowest BCUT2D eigenvalue weighted by atomic mass is 10.1. The maximum Gasteiger partial charge on any atom is 0.573 e. The summed E-state index contributed by atoms with van der Waals surface area (Å²) in [5.41, 5.74) is 0.881. The first-order valence-corrected chi connectivity index (χ1v) is 6.74. The van der Waals surface area contributed by atoms with Crippen LogP contribution in [0.1, 0.15) is 18.5 Å². The number of hydrogen-bond donors (Lipinski definition) is 1. The van der Waals surface area contributed by atoms with E-state index in [-0.39, 0.29) is 16.8 Å². The predicted molar refractivity (Wildman–Crippen MR) is 71.0 cm³/mol. The molecule has 1 aliphatic rings. The van der Waals surface area contributed by atoms with Gasteiger partial charge in [0, 0.05) is 32.2 Å². The van der Waals surface area contributed by atoms with Gasteiger partial charge in [-0.2, -0.15) is 0 Å². The lowest BCUT2D eigenvalue weighted by molar-refractivity contribution is -0.274. The molecule has 2 rings (SSSR count). The second-order valence-electron chi connectivity index (χ2n) is 4.70.